The lowest BCUT2D eigenvalue weighted by molar-refractivity contribution is -0.141. The first-order chi connectivity index (χ1) is 17.8. The molecule has 0 saturated heterocycles. The summed E-state index contributed by atoms with van der Waals surface area (Å²) in [4.78, 5) is 27.3. The topological polar surface area (TPSA) is 71.1 Å². The first-order valence-corrected chi connectivity index (χ1v) is 14.6. The molecule has 0 aromatic heterocycles. The fourth-order valence-corrected chi connectivity index (χ4v) is 4.97. The first-order valence-electron chi connectivity index (χ1n) is 11.8. The average Bonchev–Trinajstić information content (AvgIpc) is 2.89. The summed E-state index contributed by atoms with van der Waals surface area (Å²) >= 11 is 5.18. The Labute approximate surface area is 232 Å². The SMILES string of the molecule is C=C(C)C(=O)OCCOCCSc1ccc(Sc2ccc(SCCOCCOC(=O)C(=C)C)cc2)cc1. The summed E-state index contributed by atoms with van der Waals surface area (Å²) in [6, 6.07) is 17.0. The van der Waals surface area contributed by atoms with Crippen LogP contribution < -0.4 is 0 Å². The number of hydrogen-bond donors (Lipinski definition) is 0. The van der Waals surface area contributed by atoms with Crippen LogP contribution in [0.25, 0.3) is 0 Å². The molecule has 0 spiro atoms. The molecule has 9 heteroatoms. The third-order valence-corrected chi connectivity index (χ3v) is 7.46. The van der Waals surface area contributed by atoms with Gasteiger partial charge in [0, 0.05) is 42.2 Å². The molecule has 200 valence electrons. The van der Waals surface area contributed by atoms with Crippen molar-refractivity contribution in [2.24, 2.45) is 0 Å². The van der Waals surface area contributed by atoms with Gasteiger partial charge < -0.3 is 18.9 Å². The molecule has 0 unspecified atom stereocenters. The molecule has 0 amide bonds. The van der Waals surface area contributed by atoms with Gasteiger partial charge in [0.2, 0.25) is 0 Å². The smallest absolute Gasteiger partial charge is 0.333 e. The molecule has 0 aliphatic rings. The molecular formula is C28H34O6S3. The van der Waals surface area contributed by atoms with Crippen molar-refractivity contribution in [2.45, 2.75) is 33.4 Å². The molecule has 0 aliphatic carbocycles. The van der Waals surface area contributed by atoms with Crippen molar-refractivity contribution in [1.29, 1.82) is 0 Å². The molecule has 2 rings (SSSR count). The van der Waals surface area contributed by atoms with Crippen LogP contribution in [0.2, 0.25) is 0 Å². The molecule has 0 bridgehead atoms. The van der Waals surface area contributed by atoms with Crippen LogP contribution in [0, 0.1) is 0 Å². The van der Waals surface area contributed by atoms with E-state index in [0.717, 1.165) is 11.5 Å². The van der Waals surface area contributed by atoms with Crippen molar-refractivity contribution in [3.8, 4) is 0 Å². The highest BCUT2D eigenvalue weighted by molar-refractivity contribution is 8.00. The average molecular weight is 563 g/mol. The number of thioether (sulfide) groups is 2. The van der Waals surface area contributed by atoms with E-state index in [1.54, 1.807) is 49.1 Å². The van der Waals surface area contributed by atoms with Crippen molar-refractivity contribution in [3.05, 3.63) is 72.8 Å². The molecule has 2 aromatic carbocycles. The maximum Gasteiger partial charge on any atom is 0.333 e. The van der Waals surface area contributed by atoms with E-state index in [4.69, 9.17) is 18.9 Å². The molecule has 0 saturated carbocycles. The number of carbonyl (C=O) groups excluding carboxylic acids is 2. The van der Waals surface area contributed by atoms with Crippen molar-refractivity contribution in [2.75, 3.05) is 51.1 Å². The number of ether oxygens (including phenoxy) is 4. The second-order valence-corrected chi connectivity index (χ2v) is 11.3. The van der Waals surface area contributed by atoms with Gasteiger partial charge in [0.15, 0.2) is 0 Å². The molecule has 0 N–H and O–H groups in total. The standard InChI is InChI=1S/C28H34O6S3/c1-21(2)27(29)33-15-13-31-17-19-35-23-5-9-25(10-6-23)37-26-11-7-24(8-12-26)36-20-18-32-14-16-34-28(30)22(3)4/h5-12H,1,3,13-20H2,2,4H3. The monoisotopic (exact) mass is 562 g/mol. The Morgan fingerprint density at radius 3 is 1.30 bits per heavy atom. The lowest BCUT2D eigenvalue weighted by Crippen LogP contribution is -2.11. The van der Waals surface area contributed by atoms with Crippen LogP contribution in [0.5, 0.6) is 0 Å². The van der Waals surface area contributed by atoms with E-state index in [1.165, 1.54) is 19.6 Å². The zero-order valence-corrected chi connectivity index (χ0v) is 23.8. The highest BCUT2D eigenvalue weighted by Crippen LogP contribution is 2.31. The fourth-order valence-electron chi connectivity index (χ4n) is 2.62. The summed E-state index contributed by atoms with van der Waals surface area (Å²) in [6.45, 7) is 12.8. The van der Waals surface area contributed by atoms with E-state index < -0.39 is 0 Å². The van der Waals surface area contributed by atoms with Gasteiger partial charge in [0.05, 0.1) is 26.4 Å². The summed E-state index contributed by atoms with van der Waals surface area (Å²) in [5.41, 5.74) is 0.785. The summed E-state index contributed by atoms with van der Waals surface area (Å²) in [5.74, 6) is 0.885. The summed E-state index contributed by atoms with van der Waals surface area (Å²) in [6.07, 6.45) is 0. The van der Waals surface area contributed by atoms with Crippen molar-refractivity contribution < 1.29 is 28.5 Å². The predicted octanol–water partition coefficient (Wildman–Crippen LogP) is 6.29. The van der Waals surface area contributed by atoms with E-state index in [0.29, 0.717) is 37.6 Å². The second kappa shape index (κ2) is 18.1. The lowest BCUT2D eigenvalue weighted by Gasteiger charge is -2.07. The molecule has 6 nitrogen and oxygen atoms in total. The van der Waals surface area contributed by atoms with E-state index >= 15 is 0 Å². The van der Waals surface area contributed by atoms with Gasteiger partial charge in [-0.1, -0.05) is 24.9 Å². The first kappa shape index (κ1) is 31.1. The largest absolute Gasteiger partial charge is 0.460 e. The maximum atomic E-state index is 11.3. The van der Waals surface area contributed by atoms with Crippen LogP contribution in [0.1, 0.15) is 13.8 Å². The predicted molar refractivity (Wildman–Crippen MR) is 152 cm³/mol. The number of benzene rings is 2. The van der Waals surface area contributed by atoms with Gasteiger partial charge in [0.25, 0.3) is 0 Å². The minimum Gasteiger partial charge on any atom is -0.460 e. The molecule has 0 radical (unpaired) electrons. The summed E-state index contributed by atoms with van der Waals surface area (Å²) in [7, 11) is 0. The quantitative estimate of drug-likeness (QED) is 0.0901. The Kier molecular flexibility index (Phi) is 15.2. The highest BCUT2D eigenvalue weighted by Gasteiger charge is 2.04. The van der Waals surface area contributed by atoms with E-state index in [1.807, 2.05) is 0 Å². The molecular weight excluding hydrogens is 529 g/mol. The normalized spacial score (nSPS) is 10.6. The third-order valence-electron chi connectivity index (χ3n) is 4.49. The van der Waals surface area contributed by atoms with Gasteiger partial charge in [-0.3, -0.25) is 0 Å². The molecule has 2 aromatic rings. The zero-order valence-electron chi connectivity index (χ0n) is 21.4. The molecule has 0 atom stereocenters. The second-order valence-electron chi connectivity index (χ2n) is 7.80. The number of hydrogen-bond acceptors (Lipinski definition) is 9. The highest BCUT2D eigenvalue weighted by atomic mass is 32.2. The van der Waals surface area contributed by atoms with E-state index in [9.17, 15) is 9.59 Å². The van der Waals surface area contributed by atoms with Crippen LogP contribution in [-0.4, -0.2) is 63.1 Å². The van der Waals surface area contributed by atoms with Crippen LogP contribution >= 0.6 is 35.3 Å². The lowest BCUT2D eigenvalue weighted by atomic mass is 10.4. The molecule has 0 aliphatic heterocycles. The zero-order chi connectivity index (χ0) is 26.9. The number of rotatable bonds is 18. The van der Waals surface area contributed by atoms with Crippen LogP contribution in [0.15, 0.2) is 92.4 Å². The van der Waals surface area contributed by atoms with Gasteiger partial charge in [-0.05, 0) is 62.4 Å². The minimum absolute atomic E-state index is 0.243. The third kappa shape index (κ3) is 13.8. The van der Waals surface area contributed by atoms with Gasteiger partial charge in [-0.15, -0.1) is 23.5 Å². The van der Waals surface area contributed by atoms with Crippen LogP contribution in [0.3, 0.4) is 0 Å². The van der Waals surface area contributed by atoms with E-state index in [2.05, 4.69) is 61.7 Å². The Balaban J connectivity index is 1.57. The van der Waals surface area contributed by atoms with Crippen molar-refractivity contribution >= 4 is 47.2 Å². The van der Waals surface area contributed by atoms with E-state index in [-0.39, 0.29) is 25.2 Å². The van der Waals surface area contributed by atoms with Crippen molar-refractivity contribution in [1.82, 2.24) is 0 Å². The Hall–Kier alpha value is -2.17. The fraction of sp³-hybridized carbons (Fsp3) is 0.357. The Bertz CT molecular complexity index is 924. The summed E-state index contributed by atoms with van der Waals surface area (Å²) in [5, 5.41) is 0. The Morgan fingerprint density at radius 2 is 0.946 bits per heavy atom. The minimum atomic E-state index is -0.384. The Morgan fingerprint density at radius 1 is 0.595 bits per heavy atom. The van der Waals surface area contributed by atoms with Gasteiger partial charge in [-0.25, -0.2) is 9.59 Å². The number of carbonyl (C=O) groups is 2. The van der Waals surface area contributed by atoms with Crippen LogP contribution in [-0.2, 0) is 28.5 Å². The van der Waals surface area contributed by atoms with Gasteiger partial charge >= 0.3 is 11.9 Å². The molecule has 0 fully saturated rings. The van der Waals surface area contributed by atoms with Crippen molar-refractivity contribution in [3.63, 3.8) is 0 Å². The van der Waals surface area contributed by atoms with Gasteiger partial charge in [0.1, 0.15) is 13.2 Å². The van der Waals surface area contributed by atoms with Gasteiger partial charge in [-0.2, -0.15) is 0 Å². The van der Waals surface area contributed by atoms with Crippen LogP contribution in [0.4, 0.5) is 0 Å². The maximum absolute atomic E-state index is 11.3. The molecule has 0 heterocycles. The summed E-state index contributed by atoms with van der Waals surface area (Å²) < 4.78 is 21.0. The number of esters is 2. The molecule has 37 heavy (non-hydrogen) atoms.